The summed E-state index contributed by atoms with van der Waals surface area (Å²) in [6.45, 7) is 2.39. The van der Waals surface area contributed by atoms with E-state index >= 15 is 0 Å². The van der Waals surface area contributed by atoms with E-state index in [1.165, 1.54) is 6.20 Å². The SMILES string of the molecule is CC(O)CC1CCCN1C(=O)c1cnn2c1[nH]c(=O)c1ccccc12. The molecule has 1 aromatic carbocycles. The van der Waals surface area contributed by atoms with Gasteiger partial charge in [-0.2, -0.15) is 5.10 Å². The summed E-state index contributed by atoms with van der Waals surface area (Å²) in [6, 6.07) is 7.20. The van der Waals surface area contributed by atoms with Crippen molar-refractivity contribution in [2.75, 3.05) is 6.54 Å². The van der Waals surface area contributed by atoms with Crippen LogP contribution in [0.15, 0.2) is 35.3 Å². The van der Waals surface area contributed by atoms with E-state index in [9.17, 15) is 14.7 Å². The third-order valence-corrected chi connectivity index (χ3v) is 4.86. The van der Waals surface area contributed by atoms with E-state index in [0.717, 1.165) is 12.8 Å². The number of likely N-dealkylation sites (tertiary alicyclic amines) is 1. The zero-order valence-corrected chi connectivity index (χ0v) is 14.0. The van der Waals surface area contributed by atoms with E-state index in [4.69, 9.17) is 0 Å². The zero-order valence-electron chi connectivity index (χ0n) is 14.0. The minimum absolute atomic E-state index is 0.0228. The zero-order chi connectivity index (χ0) is 17.6. The van der Waals surface area contributed by atoms with Crippen LogP contribution in [0.3, 0.4) is 0 Å². The lowest BCUT2D eigenvalue weighted by Gasteiger charge is -2.25. The van der Waals surface area contributed by atoms with Gasteiger partial charge in [0.2, 0.25) is 0 Å². The largest absolute Gasteiger partial charge is 0.393 e. The molecule has 1 saturated heterocycles. The van der Waals surface area contributed by atoms with Crippen LogP contribution in [-0.4, -0.2) is 49.2 Å². The monoisotopic (exact) mass is 340 g/mol. The molecule has 3 heterocycles. The molecule has 3 aromatic rings. The van der Waals surface area contributed by atoms with E-state index in [2.05, 4.69) is 10.1 Å². The van der Waals surface area contributed by atoms with Crippen LogP contribution in [0.25, 0.3) is 16.6 Å². The number of nitrogens with zero attached hydrogens (tertiary/aromatic N) is 3. The van der Waals surface area contributed by atoms with E-state index in [1.54, 1.807) is 28.5 Å². The molecule has 7 nitrogen and oxygen atoms in total. The maximum absolute atomic E-state index is 13.0. The van der Waals surface area contributed by atoms with Crippen LogP contribution in [0.2, 0.25) is 0 Å². The van der Waals surface area contributed by atoms with Crippen LogP contribution in [-0.2, 0) is 0 Å². The number of rotatable bonds is 3. The molecule has 7 heteroatoms. The summed E-state index contributed by atoms with van der Waals surface area (Å²) in [4.78, 5) is 30.0. The number of benzene rings is 1. The molecule has 0 aliphatic carbocycles. The predicted octanol–water partition coefficient (Wildman–Crippen LogP) is 1.55. The van der Waals surface area contributed by atoms with Crippen molar-refractivity contribution in [3.05, 3.63) is 46.4 Å². The summed E-state index contributed by atoms with van der Waals surface area (Å²) in [5.74, 6) is -0.149. The quantitative estimate of drug-likeness (QED) is 0.757. The fourth-order valence-electron chi connectivity index (χ4n) is 3.73. The standard InChI is InChI=1S/C18H20N4O3/c1-11(23)9-12-5-4-8-21(12)18(25)14-10-19-22-15-7-3-2-6-13(15)17(24)20-16(14)22/h2-3,6-7,10-12,23H,4-5,8-9H2,1H3,(H,20,24). The molecule has 1 fully saturated rings. The van der Waals surface area contributed by atoms with Gasteiger partial charge in [0.1, 0.15) is 11.2 Å². The Hall–Kier alpha value is -2.67. The Morgan fingerprint density at radius 3 is 3.04 bits per heavy atom. The maximum Gasteiger partial charge on any atom is 0.259 e. The predicted molar refractivity (Wildman–Crippen MR) is 93.7 cm³/mol. The summed E-state index contributed by atoms with van der Waals surface area (Å²) in [5.41, 5.74) is 1.23. The average Bonchev–Trinajstić information content (AvgIpc) is 3.21. The van der Waals surface area contributed by atoms with E-state index in [-0.39, 0.29) is 17.5 Å². The van der Waals surface area contributed by atoms with Crippen molar-refractivity contribution in [2.24, 2.45) is 0 Å². The number of aromatic amines is 1. The first-order valence-corrected chi connectivity index (χ1v) is 8.54. The first-order valence-electron chi connectivity index (χ1n) is 8.54. The Bertz CT molecular complexity index is 1000. The third-order valence-electron chi connectivity index (χ3n) is 4.86. The highest BCUT2D eigenvalue weighted by atomic mass is 16.3. The highest BCUT2D eigenvalue weighted by Gasteiger charge is 2.32. The number of aliphatic hydroxyl groups excluding tert-OH is 1. The number of amides is 1. The summed E-state index contributed by atoms with van der Waals surface area (Å²) >= 11 is 0. The van der Waals surface area contributed by atoms with Gasteiger partial charge < -0.3 is 15.0 Å². The number of carbonyl (C=O) groups excluding carboxylic acids is 1. The summed E-state index contributed by atoms with van der Waals surface area (Å²) in [7, 11) is 0. The minimum Gasteiger partial charge on any atom is -0.393 e. The topological polar surface area (TPSA) is 90.7 Å². The van der Waals surface area contributed by atoms with Gasteiger partial charge in [-0.15, -0.1) is 0 Å². The van der Waals surface area contributed by atoms with Crippen LogP contribution in [0, 0.1) is 0 Å². The number of hydrogen-bond acceptors (Lipinski definition) is 4. The molecule has 4 rings (SSSR count). The molecular weight excluding hydrogens is 320 g/mol. The van der Waals surface area contributed by atoms with Crippen LogP contribution >= 0.6 is 0 Å². The van der Waals surface area contributed by atoms with E-state index in [1.807, 2.05) is 12.1 Å². The lowest BCUT2D eigenvalue weighted by Crippen LogP contribution is -2.37. The Labute approximate surface area is 143 Å². The van der Waals surface area contributed by atoms with Gasteiger partial charge in [-0.05, 0) is 38.3 Å². The highest BCUT2D eigenvalue weighted by Crippen LogP contribution is 2.25. The van der Waals surface area contributed by atoms with Crippen LogP contribution in [0.5, 0.6) is 0 Å². The van der Waals surface area contributed by atoms with Crippen molar-refractivity contribution in [3.8, 4) is 0 Å². The molecule has 1 aliphatic rings. The fraction of sp³-hybridized carbons (Fsp3) is 0.389. The number of hydrogen-bond donors (Lipinski definition) is 2. The van der Waals surface area contributed by atoms with E-state index < -0.39 is 6.10 Å². The number of aliphatic hydroxyl groups is 1. The smallest absolute Gasteiger partial charge is 0.259 e. The summed E-state index contributed by atoms with van der Waals surface area (Å²) < 4.78 is 1.60. The second-order valence-electron chi connectivity index (χ2n) is 6.67. The lowest BCUT2D eigenvalue weighted by molar-refractivity contribution is 0.0684. The second kappa shape index (κ2) is 6.00. The van der Waals surface area contributed by atoms with Crippen LogP contribution in [0.4, 0.5) is 0 Å². The normalized spacial score (nSPS) is 19.0. The molecule has 2 atom stereocenters. The molecule has 130 valence electrons. The number of fused-ring (bicyclic) bond motifs is 3. The van der Waals surface area contributed by atoms with Gasteiger partial charge in [0.15, 0.2) is 0 Å². The van der Waals surface area contributed by atoms with Crippen molar-refractivity contribution in [2.45, 2.75) is 38.3 Å². The van der Waals surface area contributed by atoms with Gasteiger partial charge in [0.25, 0.3) is 11.5 Å². The van der Waals surface area contributed by atoms with Crippen molar-refractivity contribution >= 4 is 22.5 Å². The number of para-hydroxylation sites is 1. The molecule has 0 bridgehead atoms. The van der Waals surface area contributed by atoms with Crippen molar-refractivity contribution in [1.82, 2.24) is 19.5 Å². The van der Waals surface area contributed by atoms with Crippen molar-refractivity contribution in [3.63, 3.8) is 0 Å². The van der Waals surface area contributed by atoms with Crippen molar-refractivity contribution in [1.29, 1.82) is 0 Å². The third kappa shape index (κ3) is 2.60. The fourth-order valence-corrected chi connectivity index (χ4v) is 3.73. The molecule has 2 unspecified atom stereocenters. The van der Waals surface area contributed by atoms with Gasteiger partial charge in [0, 0.05) is 12.6 Å². The molecule has 0 saturated carbocycles. The summed E-state index contributed by atoms with van der Waals surface area (Å²) in [6.07, 6.45) is 3.42. The van der Waals surface area contributed by atoms with Gasteiger partial charge in [-0.3, -0.25) is 9.59 Å². The van der Waals surface area contributed by atoms with Gasteiger partial charge in [-0.1, -0.05) is 12.1 Å². The molecule has 1 amide bonds. The van der Waals surface area contributed by atoms with Gasteiger partial charge in [0.05, 0.1) is 23.2 Å². The van der Waals surface area contributed by atoms with Gasteiger partial charge in [-0.25, -0.2) is 4.52 Å². The number of carbonyl (C=O) groups is 1. The number of nitrogens with one attached hydrogen (secondary N) is 1. The Kier molecular flexibility index (Phi) is 3.80. The molecule has 0 spiro atoms. The molecule has 2 aromatic heterocycles. The Morgan fingerprint density at radius 2 is 2.24 bits per heavy atom. The van der Waals surface area contributed by atoms with Gasteiger partial charge >= 0.3 is 0 Å². The lowest BCUT2D eigenvalue weighted by atomic mass is 10.1. The minimum atomic E-state index is -0.453. The Morgan fingerprint density at radius 1 is 1.44 bits per heavy atom. The first-order chi connectivity index (χ1) is 12.1. The average molecular weight is 340 g/mol. The molecular formula is C18H20N4O3. The first kappa shape index (κ1) is 15.8. The second-order valence-corrected chi connectivity index (χ2v) is 6.67. The maximum atomic E-state index is 13.0. The Balaban J connectivity index is 1.79. The highest BCUT2D eigenvalue weighted by molar-refractivity contribution is 6.00. The summed E-state index contributed by atoms with van der Waals surface area (Å²) in [5, 5.41) is 14.5. The molecule has 25 heavy (non-hydrogen) atoms. The molecule has 2 N–H and O–H groups in total. The number of H-pyrrole nitrogens is 1. The van der Waals surface area contributed by atoms with Crippen molar-refractivity contribution < 1.29 is 9.90 Å². The van der Waals surface area contributed by atoms with Crippen LogP contribution in [0.1, 0.15) is 36.5 Å². The van der Waals surface area contributed by atoms with E-state index in [0.29, 0.717) is 35.1 Å². The number of aromatic nitrogens is 3. The molecule has 1 aliphatic heterocycles. The molecule has 0 radical (unpaired) electrons. The van der Waals surface area contributed by atoms with Crippen LogP contribution < -0.4 is 5.56 Å².